The first kappa shape index (κ1) is 20.1. The van der Waals surface area contributed by atoms with E-state index in [1.165, 1.54) is 17.0 Å². The van der Waals surface area contributed by atoms with Crippen LogP contribution in [0.1, 0.15) is 12.0 Å². The van der Waals surface area contributed by atoms with Gasteiger partial charge in [-0.1, -0.05) is 0 Å². The van der Waals surface area contributed by atoms with Gasteiger partial charge in [0.1, 0.15) is 29.0 Å². The number of amides is 1. The van der Waals surface area contributed by atoms with Gasteiger partial charge >= 0.3 is 6.09 Å². The lowest BCUT2D eigenvalue weighted by molar-refractivity contribution is 0.151. The highest BCUT2D eigenvalue weighted by Crippen LogP contribution is 2.32. The average molecular weight is 499 g/mol. The molecule has 1 saturated heterocycles. The molecule has 1 atom stereocenters. The fourth-order valence-corrected chi connectivity index (χ4v) is 3.45. The number of nitrogens with zero attached hydrogens (tertiary/aromatic N) is 2. The number of rotatable bonds is 5. The monoisotopic (exact) mass is 499 g/mol. The molecule has 28 heavy (non-hydrogen) atoms. The zero-order chi connectivity index (χ0) is 20.3. The summed E-state index contributed by atoms with van der Waals surface area (Å²) in [6.45, 7) is 0.890. The van der Waals surface area contributed by atoms with Gasteiger partial charge in [-0.25, -0.2) is 13.6 Å². The van der Waals surface area contributed by atoms with Gasteiger partial charge in [0.05, 0.1) is 18.0 Å². The maximum absolute atomic E-state index is 14.1. The van der Waals surface area contributed by atoms with Crippen molar-refractivity contribution < 1.29 is 23.4 Å². The predicted octanol–water partition coefficient (Wildman–Crippen LogP) is 4.56. The fraction of sp³-hybridized carbons (Fsp3) is 0.263. The molecule has 1 aliphatic heterocycles. The van der Waals surface area contributed by atoms with Crippen molar-refractivity contribution in [3.63, 3.8) is 0 Å². The van der Waals surface area contributed by atoms with E-state index in [4.69, 9.17) is 9.84 Å². The minimum atomic E-state index is -0.989. The summed E-state index contributed by atoms with van der Waals surface area (Å²) in [7, 11) is 0. The van der Waals surface area contributed by atoms with E-state index in [9.17, 15) is 18.8 Å². The predicted molar refractivity (Wildman–Crippen MR) is 107 cm³/mol. The SMILES string of the molecule is N#Cc1c(Nc2ccc(I)cc2F)cc(F)cc1OCC1CCN(C(=O)O)C1. The van der Waals surface area contributed by atoms with Gasteiger partial charge in [-0.2, -0.15) is 5.26 Å². The Kier molecular flexibility index (Phi) is 6.18. The van der Waals surface area contributed by atoms with E-state index in [-0.39, 0.29) is 35.2 Å². The molecule has 0 bridgehead atoms. The number of ether oxygens (including phenoxy) is 1. The number of nitrogens with one attached hydrogen (secondary N) is 1. The maximum atomic E-state index is 14.1. The molecule has 1 aliphatic rings. The Bertz CT molecular complexity index is 949. The maximum Gasteiger partial charge on any atom is 0.407 e. The second kappa shape index (κ2) is 8.60. The first-order valence-electron chi connectivity index (χ1n) is 8.43. The Balaban J connectivity index is 1.79. The summed E-state index contributed by atoms with van der Waals surface area (Å²) in [5.41, 5.74) is 0.255. The van der Waals surface area contributed by atoms with Gasteiger partial charge in [0.25, 0.3) is 0 Å². The molecule has 3 rings (SSSR count). The summed E-state index contributed by atoms with van der Waals surface area (Å²) in [6, 6.07) is 8.66. The van der Waals surface area contributed by atoms with Crippen LogP contribution in [0.2, 0.25) is 0 Å². The lowest BCUT2D eigenvalue weighted by Crippen LogP contribution is -2.27. The van der Waals surface area contributed by atoms with Crippen LogP contribution in [-0.4, -0.2) is 35.8 Å². The number of likely N-dealkylation sites (tertiary alicyclic amines) is 1. The van der Waals surface area contributed by atoms with Gasteiger partial charge in [0, 0.05) is 28.6 Å². The Hall–Kier alpha value is -2.61. The van der Waals surface area contributed by atoms with Crippen molar-refractivity contribution >= 4 is 40.1 Å². The molecule has 2 aromatic rings. The van der Waals surface area contributed by atoms with Crippen LogP contribution in [0.15, 0.2) is 30.3 Å². The van der Waals surface area contributed by atoms with Crippen LogP contribution in [-0.2, 0) is 0 Å². The summed E-state index contributed by atoms with van der Waals surface area (Å²) in [5.74, 6) is -1.18. The van der Waals surface area contributed by atoms with Crippen molar-refractivity contribution in [1.82, 2.24) is 4.90 Å². The van der Waals surface area contributed by atoms with Crippen LogP contribution in [0.5, 0.6) is 5.75 Å². The van der Waals surface area contributed by atoms with Crippen molar-refractivity contribution in [2.75, 3.05) is 25.0 Å². The highest BCUT2D eigenvalue weighted by molar-refractivity contribution is 14.1. The molecule has 1 heterocycles. The van der Waals surface area contributed by atoms with Gasteiger partial charge < -0.3 is 20.1 Å². The average Bonchev–Trinajstić information content (AvgIpc) is 3.11. The summed E-state index contributed by atoms with van der Waals surface area (Å²) in [4.78, 5) is 12.3. The van der Waals surface area contributed by atoms with Crippen molar-refractivity contribution in [2.24, 2.45) is 5.92 Å². The third-order valence-corrected chi connectivity index (χ3v) is 5.08. The lowest BCUT2D eigenvalue weighted by Gasteiger charge is -2.16. The first-order valence-corrected chi connectivity index (χ1v) is 9.51. The molecule has 1 fully saturated rings. The molecule has 2 N–H and O–H groups in total. The van der Waals surface area contributed by atoms with E-state index in [1.54, 1.807) is 6.07 Å². The van der Waals surface area contributed by atoms with Gasteiger partial charge in [0.15, 0.2) is 0 Å². The molecule has 0 radical (unpaired) electrons. The highest BCUT2D eigenvalue weighted by atomic mass is 127. The van der Waals surface area contributed by atoms with E-state index in [2.05, 4.69) is 5.32 Å². The smallest absolute Gasteiger partial charge is 0.407 e. The minimum Gasteiger partial charge on any atom is -0.492 e. The zero-order valence-electron chi connectivity index (χ0n) is 14.6. The van der Waals surface area contributed by atoms with E-state index >= 15 is 0 Å². The minimum absolute atomic E-state index is 0.0321. The number of benzene rings is 2. The van der Waals surface area contributed by atoms with Crippen LogP contribution in [0.4, 0.5) is 25.0 Å². The lowest BCUT2D eigenvalue weighted by atomic mass is 10.1. The molecular weight excluding hydrogens is 483 g/mol. The van der Waals surface area contributed by atoms with Gasteiger partial charge in [-0.05, 0) is 53.3 Å². The standard InChI is InChI=1S/C19H16F2IN3O3/c20-12-5-17(24-16-2-1-13(22)7-15(16)21)14(8-23)18(6-12)28-10-11-3-4-25(9-11)19(26)27/h1-2,5-7,11,24H,3-4,9-10H2,(H,26,27). The fourth-order valence-electron chi connectivity index (χ4n) is 3.00. The van der Waals surface area contributed by atoms with Crippen LogP contribution in [0, 0.1) is 32.5 Å². The molecule has 146 valence electrons. The number of carbonyl (C=O) groups is 1. The Labute approximate surface area is 173 Å². The normalized spacial score (nSPS) is 15.9. The van der Waals surface area contributed by atoms with Gasteiger partial charge in [-0.3, -0.25) is 0 Å². The molecule has 2 aromatic carbocycles. The number of nitriles is 1. The molecule has 0 spiro atoms. The topological polar surface area (TPSA) is 85.6 Å². The number of hydrogen-bond donors (Lipinski definition) is 2. The van der Waals surface area contributed by atoms with Gasteiger partial charge in [0.2, 0.25) is 0 Å². The molecule has 0 saturated carbocycles. The number of anilines is 2. The summed E-state index contributed by atoms with van der Waals surface area (Å²) in [5, 5.41) is 21.3. The number of halogens is 3. The highest BCUT2D eigenvalue weighted by Gasteiger charge is 2.26. The van der Waals surface area contributed by atoms with Crippen LogP contribution >= 0.6 is 22.6 Å². The summed E-state index contributed by atoms with van der Waals surface area (Å²) in [6.07, 6.45) is -0.361. The Morgan fingerprint density at radius 2 is 2.14 bits per heavy atom. The number of carboxylic acid groups (broad SMARTS) is 1. The molecule has 1 amide bonds. The van der Waals surface area contributed by atoms with Crippen LogP contribution in [0.3, 0.4) is 0 Å². The third-order valence-electron chi connectivity index (χ3n) is 4.41. The quantitative estimate of drug-likeness (QED) is 0.590. The van der Waals surface area contributed by atoms with Crippen molar-refractivity contribution in [3.8, 4) is 11.8 Å². The Morgan fingerprint density at radius 1 is 1.36 bits per heavy atom. The second-order valence-electron chi connectivity index (χ2n) is 6.38. The molecule has 0 aromatic heterocycles. The van der Waals surface area contributed by atoms with Crippen LogP contribution < -0.4 is 10.1 Å². The van der Waals surface area contributed by atoms with E-state index in [1.807, 2.05) is 28.7 Å². The van der Waals surface area contributed by atoms with E-state index in [0.717, 1.165) is 12.1 Å². The molecule has 1 unspecified atom stereocenters. The van der Waals surface area contributed by atoms with Gasteiger partial charge in [-0.15, -0.1) is 0 Å². The van der Waals surface area contributed by atoms with Crippen molar-refractivity contribution in [1.29, 1.82) is 5.26 Å². The van der Waals surface area contributed by atoms with E-state index in [0.29, 0.717) is 23.1 Å². The molecule has 6 nitrogen and oxygen atoms in total. The largest absolute Gasteiger partial charge is 0.492 e. The first-order chi connectivity index (χ1) is 13.4. The van der Waals surface area contributed by atoms with Crippen LogP contribution in [0.25, 0.3) is 0 Å². The number of hydrogen-bond acceptors (Lipinski definition) is 4. The zero-order valence-corrected chi connectivity index (χ0v) is 16.7. The van der Waals surface area contributed by atoms with Crippen molar-refractivity contribution in [3.05, 3.63) is 51.1 Å². The van der Waals surface area contributed by atoms with E-state index < -0.39 is 17.7 Å². The molecule has 0 aliphatic carbocycles. The summed E-state index contributed by atoms with van der Waals surface area (Å²) < 4.78 is 34.5. The second-order valence-corrected chi connectivity index (χ2v) is 7.63. The third kappa shape index (κ3) is 4.62. The van der Waals surface area contributed by atoms with Crippen molar-refractivity contribution in [2.45, 2.75) is 6.42 Å². The molecule has 9 heteroatoms. The molecular formula is C19H16F2IN3O3. The Morgan fingerprint density at radius 3 is 2.79 bits per heavy atom. The summed E-state index contributed by atoms with van der Waals surface area (Å²) >= 11 is 1.97.